The summed E-state index contributed by atoms with van der Waals surface area (Å²) in [7, 11) is 1.79. The summed E-state index contributed by atoms with van der Waals surface area (Å²) in [4.78, 5) is 38.2. The van der Waals surface area contributed by atoms with E-state index in [1.165, 1.54) is 4.68 Å². The first-order valence-electron chi connectivity index (χ1n) is 9.32. The summed E-state index contributed by atoms with van der Waals surface area (Å²) in [6.45, 7) is 1.80. The molecule has 7 nitrogen and oxygen atoms in total. The van der Waals surface area contributed by atoms with E-state index in [0.717, 1.165) is 18.5 Å². The Hall–Kier alpha value is -2.83. The van der Waals surface area contributed by atoms with Gasteiger partial charge in [-0.3, -0.25) is 19.1 Å². The van der Waals surface area contributed by atoms with Crippen LogP contribution >= 0.6 is 0 Å². The van der Waals surface area contributed by atoms with Crippen LogP contribution in [0.25, 0.3) is 5.69 Å². The Morgan fingerprint density at radius 1 is 1.19 bits per heavy atom. The Morgan fingerprint density at radius 2 is 1.93 bits per heavy atom. The normalized spacial score (nSPS) is 30.6. The van der Waals surface area contributed by atoms with Crippen LogP contribution in [-0.2, 0) is 21.4 Å². The van der Waals surface area contributed by atoms with E-state index in [4.69, 9.17) is 4.74 Å². The van der Waals surface area contributed by atoms with Crippen LogP contribution in [0, 0.1) is 30.6 Å². The Balaban J connectivity index is 1.48. The van der Waals surface area contributed by atoms with Crippen LogP contribution in [0.5, 0.6) is 0 Å². The van der Waals surface area contributed by atoms with Crippen molar-refractivity contribution in [3.8, 4) is 5.69 Å². The minimum Gasteiger partial charge on any atom is -0.462 e. The smallest absolute Gasteiger partial charge is 0.310 e. The monoisotopic (exact) mass is 367 g/mol. The van der Waals surface area contributed by atoms with Gasteiger partial charge >= 0.3 is 5.97 Å². The fourth-order valence-electron chi connectivity index (χ4n) is 5.28. The van der Waals surface area contributed by atoms with Crippen molar-refractivity contribution in [3.63, 3.8) is 0 Å². The molecule has 1 amide bonds. The van der Waals surface area contributed by atoms with Gasteiger partial charge in [-0.2, -0.15) is 0 Å². The molecule has 2 aliphatic carbocycles. The first kappa shape index (κ1) is 16.4. The number of benzene rings is 1. The number of nitrogens with zero attached hydrogens (tertiary/aromatic N) is 2. The van der Waals surface area contributed by atoms with E-state index < -0.39 is 5.92 Å². The highest BCUT2D eigenvalue weighted by Crippen LogP contribution is 2.57. The van der Waals surface area contributed by atoms with Gasteiger partial charge in [0.15, 0.2) is 0 Å². The molecule has 5 rings (SSSR count). The van der Waals surface area contributed by atoms with Gasteiger partial charge < -0.3 is 10.1 Å². The number of ether oxygens (including phenoxy) is 1. The molecule has 2 bridgehead atoms. The molecule has 7 heteroatoms. The largest absolute Gasteiger partial charge is 0.462 e. The number of carbonyl (C=O) groups is 2. The molecule has 2 aromatic rings. The third-order valence-electron chi connectivity index (χ3n) is 6.59. The lowest BCUT2D eigenvalue weighted by Gasteiger charge is -2.23. The van der Waals surface area contributed by atoms with E-state index >= 15 is 0 Å². The zero-order chi connectivity index (χ0) is 18.9. The molecule has 3 aliphatic rings. The first-order valence-corrected chi connectivity index (χ1v) is 9.32. The Bertz CT molecular complexity index is 1000. The number of nitrogens with one attached hydrogen (secondary N) is 1. The van der Waals surface area contributed by atoms with Gasteiger partial charge in [0.25, 0.3) is 5.56 Å². The molecule has 27 heavy (non-hydrogen) atoms. The minimum atomic E-state index is -0.398. The average molecular weight is 367 g/mol. The van der Waals surface area contributed by atoms with Gasteiger partial charge in [0.05, 0.1) is 23.2 Å². The minimum absolute atomic E-state index is 0.00896. The van der Waals surface area contributed by atoms with Gasteiger partial charge in [-0.15, -0.1) is 0 Å². The predicted molar refractivity (Wildman–Crippen MR) is 97.5 cm³/mol. The van der Waals surface area contributed by atoms with Crippen molar-refractivity contribution in [1.29, 1.82) is 0 Å². The zero-order valence-corrected chi connectivity index (χ0v) is 15.2. The van der Waals surface area contributed by atoms with Crippen LogP contribution in [0.3, 0.4) is 0 Å². The summed E-state index contributed by atoms with van der Waals surface area (Å²) < 4.78 is 8.67. The molecular weight excluding hydrogens is 346 g/mol. The molecule has 1 aliphatic heterocycles. The SMILES string of the molecule is Cc1c(NC(=O)[C@@H]2[C@@H]3C[C@@H]4[C@H]2C(=O)O[C@H]4C3)c(=O)n(-c2ccccc2)n1C. The van der Waals surface area contributed by atoms with Gasteiger partial charge in [0.2, 0.25) is 5.91 Å². The van der Waals surface area contributed by atoms with E-state index in [2.05, 4.69) is 5.32 Å². The van der Waals surface area contributed by atoms with Gasteiger partial charge in [-0.1, -0.05) is 18.2 Å². The highest BCUT2D eigenvalue weighted by molar-refractivity contribution is 5.97. The summed E-state index contributed by atoms with van der Waals surface area (Å²) >= 11 is 0. The molecule has 1 saturated heterocycles. The van der Waals surface area contributed by atoms with Crippen molar-refractivity contribution >= 4 is 17.6 Å². The van der Waals surface area contributed by atoms with Gasteiger partial charge in [-0.05, 0) is 37.8 Å². The summed E-state index contributed by atoms with van der Waals surface area (Å²) in [6, 6.07) is 9.30. The molecule has 0 spiro atoms. The maximum atomic E-state index is 13.0. The summed E-state index contributed by atoms with van der Waals surface area (Å²) in [6.07, 6.45) is 1.61. The molecule has 140 valence electrons. The van der Waals surface area contributed by atoms with E-state index in [1.54, 1.807) is 18.7 Å². The van der Waals surface area contributed by atoms with Crippen LogP contribution in [0.4, 0.5) is 5.69 Å². The van der Waals surface area contributed by atoms with Gasteiger partial charge in [0, 0.05) is 13.0 Å². The predicted octanol–water partition coefficient (Wildman–Crippen LogP) is 1.62. The van der Waals surface area contributed by atoms with Crippen molar-refractivity contribution < 1.29 is 14.3 Å². The number of anilines is 1. The first-order chi connectivity index (χ1) is 13.0. The lowest BCUT2D eigenvalue weighted by atomic mass is 9.79. The Kier molecular flexibility index (Phi) is 3.38. The van der Waals surface area contributed by atoms with Crippen LogP contribution in [0.15, 0.2) is 35.1 Å². The molecule has 2 heterocycles. The number of hydrogen-bond donors (Lipinski definition) is 1. The quantitative estimate of drug-likeness (QED) is 0.836. The third-order valence-corrected chi connectivity index (χ3v) is 6.59. The number of amides is 1. The zero-order valence-electron chi connectivity index (χ0n) is 15.2. The lowest BCUT2D eigenvalue weighted by molar-refractivity contribution is -0.145. The number of rotatable bonds is 3. The number of para-hydroxylation sites is 1. The molecule has 2 saturated carbocycles. The average Bonchev–Trinajstić information content (AvgIpc) is 3.32. The fourth-order valence-corrected chi connectivity index (χ4v) is 5.28. The van der Waals surface area contributed by atoms with Crippen molar-refractivity contribution in [3.05, 3.63) is 46.4 Å². The maximum Gasteiger partial charge on any atom is 0.310 e. The molecule has 0 radical (unpaired) electrons. The van der Waals surface area contributed by atoms with Crippen LogP contribution in [0.1, 0.15) is 18.5 Å². The second kappa shape index (κ2) is 5.58. The van der Waals surface area contributed by atoms with Crippen molar-refractivity contribution in [2.45, 2.75) is 25.9 Å². The molecule has 1 aromatic heterocycles. The highest BCUT2D eigenvalue weighted by Gasteiger charge is 2.64. The second-order valence-corrected chi connectivity index (χ2v) is 7.85. The fraction of sp³-hybridized carbons (Fsp3) is 0.450. The topological polar surface area (TPSA) is 82.3 Å². The highest BCUT2D eigenvalue weighted by atomic mass is 16.6. The lowest BCUT2D eigenvalue weighted by Crippen LogP contribution is -2.37. The maximum absolute atomic E-state index is 13.0. The van der Waals surface area contributed by atoms with E-state index in [0.29, 0.717) is 5.69 Å². The van der Waals surface area contributed by atoms with E-state index in [1.807, 2.05) is 30.3 Å². The van der Waals surface area contributed by atoms with Gasteiger partial charge in [0.1, 0.15) is 11.8 Å². The third kappa shape index (κ3) is 2.17. The standard InChI is InChI=1S/C20H21N3O4/c1-10-17(19(25)23(22(10)2)12-6-4-3-5-7-12)21-18(24)15-11-8-13-14(9-11)27-20(26)16(13)15/h3-7,11,13-16H,8-9H2,1-2H3,(H,21,24)/t11-,13+,14+,15-,16-/m1/s1. The summed E-state index contributed by atoms with van der Waals surface area (Å²) in [5.41, 5.74) is 1.41. The number of esters is 1. The van der Waals surface area contributed by atoms with Crippen LogP contribution in [0.2, 0.25) is 0 Å². The molecule has 3 fully saturated rings. The molecule has 1 aromatic carbocycles. The number of hydrogen-bond acceptors (Lipinski definition) is 4. The van der Waals surface area contributed by atoms with Crippen LogP contribution < -0.4 is 10.9 Å². The number of fused-ring (bicyclic) bond motifs is 1. The van der Waals surface area contributed by atoms with E-state index in [-0.39, 0.29) is 47.0 Å². The second-order valence-electron chi connectivity index (χ2n) is 7.85. The molecular formula is C20H21N3O4. The van der Waals surface area contributed by atoms with E-state index in [9.17, 15) is 14.4 Å². The Morgan fingerprint density at radius 3 is 2.67 bits per heavy atom. The van der Waals surface area contributed by atoms with Crippen molar-refractivity contribution in [1.82, 2.24) is 9.36 Å². The summed E-state index contributed by atoms with van der Waals surface area (Å²) in [5, 5.41) is 2.84. The van der Waals surface area contributed by atoms with Crippen molar-refractivity contribution in [2.24, 2.45) is 30.7 Å². The molecule has 0 unspecified atom stereocenters. The Labute approximate surface area is 155 Å². The number of carbonyl (C=O) groups excluding carboxylic acids is 2. The van der Waals surface area contributed by atoms with Gasteiger partial charge in [-0.25, -0.2) is 4.68 Å². The molecule has 5 atom stereocenters. The van der Waals surface area contributed by atoms with Crippen LogP contribution in [-0.4, -0.2) is 27.3 Å². The summed E-state index contributed by atoms with van der Waals surface area (Å²) in [5.74, 6) is -0.917. The molecule has 1 N–H and O–H groups in total. The van der Waals surface area contributed by atoms with Crippen molar-refractivity contribution in [2.75, 3.05) is 5.32 Å². The number of aromatic nitrogens is 2.